The first-order valence-electron chi connectivity index (χ1n) is 9.72. The number of rotatable bonds is 5. The van der Waals surface area contributed by atoms with Crippen molar-refractivity contribution in [3.8, 4) is 0 Å². The monoisotopic (exact) mass is 366 g/mol. The smallest absolute Gasteiger partial charge is 0.224 e. The molecule has 0 radical (unpaired) electrons. The summed E-state index contributed by atoms with van der Waals surface area (Å²) in [5, 5.41) is 3.46. The normalized spacial score (nSPS) is 14.9. The van der Waals surface area contributed by atoms with E-state index in [1.807, 2.05) is 35.4 Å². The number of aromatic nitrogens is 1. The predicted molar refractivity (Wildman–Crippen MR) is 111 cm³/mol. The minimum absolute atomic E-state index is 0.0788. The maximum atomic E-state index is 12.6. The molecule has 144 valence electrons. The second-order valence-corrected chi connectivity index (χ2v) is 8.03. The summed E-state index contributed by atoms with van der Waals surface area (Å²) in [4.78, 5) is 21.2. The summed E-state index contributed by atoms with van der Waals surface area (Å²) in [6.07, 6.45) is 2.33. The van der Waals surface area contributed by atoms with E-state index < -0.39 is 0 Å². The summed E-state index contributed by atoms with van der Waals surface area (Å²) >= 11 is 0. The van der Waals surface area contributed by atoms with Gasteiger partial charge in [0, 0.05) is 51.0 Å². The van der Waals surface area contributed by atoms with E-state index in [4.69, 9.17) is 0 Å². The number of carbonyl (C=O) groups is 1. The fourth-order valence-electron chi connectivity index (χ4n) is 3.48. The number of carbonyl (C=O) groups excluding carboxylic acids is 1. The summed E-state index contributed by atoms with van der Waals surface area (Å²) in [7, 11) is 0. The second kappa shape index (κ2) is 8.42. The first-order chi connectivity index (χ1) is 12.9. The molecule has 5 heteroatoms. The maximum Gasteiger partial charge on any atom is 0.224 e. The molecule has 1 N–H and O–H groups in total. The van der Waals surface area contributed by atoms with Crippen LogP contribution in [0.2, 0.25) is 0 Å². The van der Waals surface area contributed by atoms with Crippen LogP contribution >= 0.6 is 0 Å². The number of para-hydroxylation sites is 1. The number of hydrogen-bond acceptors (Lipinski definition) is 4. The van der Waals surface area contributed by atoms with Crippen molar-refractivity contribution < 1.29 is 4.79 Å². The molecule has 0 saturated carbocycles. The third-order valence-electron chi connectivity index (χ3n) is 5.00. The van der Waals surface area contributed by atoms with Crippen LogP contribution in [-0.2, 0) is 10.2 Å². The van der Waals surface area contributed by atoms with E-state index in [2.05, 4.69) is 54.2 Å². The van der Waals surface area contributed by atoms with Crippen LogP contribution in [0.5, 0.6) is 0 Å². The first kappa shape index (κ1) is 19.2. The average molecular weight is 367 g/mol. The third kappa shape index (κ3) is 5.00. The molecule has 3 rings (SSSR count). The highest BCUT2D eigenvalue weighted by Crippen LogP contribution is 2.29. The Kier molecular flexibility index (Phi) is 5.99. The van der Waals surface area contributed by atoms with Crippen molar-refractivity contribution in [2.24, 2.45) is 0 Å². The van der Waals surface area contributed by atoms with Crippen molar-refractivity contribution >= 4 is 17.4 Å². The zero-order chi connectivity index (χ0) is 19.3. The lowest BCUT2D eigenvalue weighted by Crippen LogP contribution is -2.49. The van der Waals surface area contributed by atoms with Gasteiger partial charge < -0.3 is 15.1 Å². The van der Waals surface area contributed by atoms with Crippen molar-refractivity contribution in [2.45, 2.75) is 32.6 Å². The van der Waals surface area contributed by atoms with Gasteiger partial charge in [-0.05, 0) is 29.2 Å². The molecule has 1 saturated heterocycles. The van der Waals surface area contributed by atoms with Gasteiger partial charge in [0.2, 0.25) is 5.91 Å². The molecular weight excluding hydrogens is 336 g/mol. The lowest BCUT2D eigenvalue weighted by molar-refractivity contribution is -0.131. The van der Waals surface area contributed by atoms with E-state index in [0.717, 1.165) is 37.7 Å². The topological polar surface area (TPSA) is 48.5 Å². The van der Waals surface area contributed by atoms with E-state index in [9.17, 15) is 4.79 Å². The van der Waals surface area contributed by atoms with Gasteiger partial charge in [0.1, 0.15) is 5.82 Å². The highest BCUT2D eigenvalue weighted by Gasteiger charge is 2.22. The standard InChI is InChI=1S/C22H30N4O/c1-22(2,3)18-8-4-5-9-19(18)23-13-11-21(27)26-16-14-25(15-17-26)20-10-6-7-12-24-20/h4-10,12,23H,11,13-17H2,1-3H3. The van der Waals surface area contributed by atoms with Crippen LogP contribution in [0.1, 0.15) is 32.8 Å². The quantitative estimate of drug-likeness (QED) is 0.879. The Morgan fingerprint density at radius 1 is 1.04 bits per heavy atom. The van der Waals surface area contributed by atoms with Gasteiger partial charge in [-0.2, -0.15) is 0 Å². The molecule has 0 aliphatic carbocycles. The molecule has 2 heterocycles. The van der Waals surface area contributed by atoms with E-state index >= 15 is 0 Å². The van der Waals surface area contributed by atoms with Crippen LogP contribution in [0.15, 0.2) is 48.7 Å². The minimum atomic E-state index is 0.0788. The molecular formula is C22H30N4O. The lowest BCUT2D eigenvalue weighted by atomic mass is 9.86. The highest BCUT2D eigenvalue weighted by atomic mass is 16.2. The fraction of sp³-hybridized carbons (Fsp3) is 0.455. The number of nitrogens with one attached hydrogen (secondary N) is 1. The molecule has 2 aromatic rings. The first-order valence-corrected chi connectivity index (χ1v) is 9.72. The molecule has 1 aliphatic rings. The molecule has 5 nitrogen and oxygen atoms in total. The van der Waals surface area contributed by atoms with Gasteiger partial charge in [-0.15, -0.1) is 0 Å². The summed E-state index contributed by atoms with van der Waals surface area (Å²) in [6.45, 7) is 10.5. The van der Waals surface area contributed by atoms with Crippen LogP contribution in [-0.4, -0.2) is 48.5 Å². The number of amides is 1. The summed E-state index contributed by atoms with van der Waals surface area (Å²) in [5.41, 5.74) is 2.48. The zero-order valence-corrected chi connectivity index (χ0v) is 16.6. The Bertz CT molecular complexity index is 746. The number of anilines is 2. The molecule has 0 unspecified atom stereocenters. The highest BCUT2D eigenvalue weighted by molar-refractivity contribution is 5.77. The van der Waals surface area contributed by atoms with Crippen molar-refractivity contribution in [3.05, 3.63) is 54.2 Å². The van der Waals surface area contributed by atoms with Crippen LogP contribution < -0.4 is 10.2 Å². The maximum absolute atomic E-state index is 12.6. The average Bonchev–Trinajstić information content (AvgIpc) is 2.68. The van der Waals surface area contributed by atoms with Crippen molar-refractivity contribution in [1.82, 2.24) is 9.88 Å². The number of nitrogens with zero attached hydrogens (tertiary/aromatic N) is 3. The summed E-state index contributed by atoms with van der Waals surface area (Å²) in [5.74, 6) is 1.21. The van der Waals surface area contributed by atoms with E-state index in [0.29, 0.717) is 13.0 Å². The Labute approximate surface area is 162 Å². The Morgan fingerprint density at radius 3 is 2.41 bits per heavy atom. The van der Waals surface area contributed by atoms with E-state index in [1.54, 1.807) is 0 Å². The minimum Gasteiger partial charge on any atom is -0.384 e. The van der Waals surface area contributed by atoms with Crippen LogP contribution in [0.4, 0.5) is 11.5 Å². The van der Waals surface area contributed by atoms with Crippen molar-refractivity contribution in [2.75, 3.05) is 42.9 Å². The van der Waals surface area contributed by atoms with Gasteiger partial charge in [-0.1, -0.05) is 45.0 Å². The fourth-order valence-corrected chi connectivity index (χ4v) is 3.48. The number of benzene rings is 1. The Balaban J connectivity index is 1.47. The van der Waals surface area contributed by atoms with Gasteiger partial charge in [0.15, 0.2) is 0 Å². The Hall–Kier alpha value is -2.56. The SMILES string of the molecule is CC(C)(C)c1ccccc1NCCC(=O)N1CCN(c2ccccn2)CC1. The number of hydrogen-bond donors (Lipinski definition) is 1. The third-order valence-corrected chi connectivity index (χ3v) is 5.00. The number of piperazine rings is 1. The predicted octanol–water partition coefficient (Wildman–Crippen LogP) is 3.53. The molecule has 0 spiro atoms. The molecule has 1 aliphatic heterocycles. The zero-order valence-electron chi connectivity index (χ0n) is 16.6. The number of pyridine rings is 1. The summed E-state index contributed by atoms with van der Waals surface area (Å²) in [6, 6.07) is 14.3. The summed E-state index contributed by atoms with van der Waals surface area (Å²) < 4.78 is 0. The second-order valence-electron chi connectivity index (χ2n) is 8.03. The van der Waals surface area contributed by atoms with Crippen LogP contribution in [0.25, 0.3) is 0 Å². The van der Waals surface area contributed by atoms with Gasteiger partial charge in [0.05, 0.1) is 0 Å². The molecule has 1 aromatic carbocycles. The van der Waals surface area contributed by atoms with Gasteiger partial charge in [-0.3, -0.25) is 4.79 Å². The van der Waals surface area contributed by atoms with Crippen LogP contribution in [0, 0.1) is 0 Å². The molecule has 0 bridgehead atoms. The van der Waals surface area contributed by atoms with E-state index in [1.165, 1.54) is 5.56 Å². The lowest BCUT2D eigenvalue weighted by Gasteiger charge is -2.35. The molecule has 1 amide bonds. The Morgan fingerprint density at radius 2 is 1.74 bits per heavy atom. The van der Waals surface area contributed by atoms with Crippen molar-refractivity contribution in [1.29, 1.82) is 0 Å². The van der Waals surface area contributed by atoms with Gasteiger partial charge in [0.25, 0.3) is 0 Å². The molecule has 1 fully saturated rings. The molecule has 1 aromatic heterocycles. The van der Waals surface area contributed by atoms with E-state index in [-0.39, 0.29) is 11.3 Å². The van der Waals surface area contributed by atoms with Gasteiger partial charge in [-0.25, -0.2) is 4.98 Å². The molecule has 27 heavy (non-hydrogen) atoms. The largest absolute Gasteiger partial charge is 0.384 e. The van der Waals surface area contributed by atoms with Crippen molar-refractivity contribution in [3.63, 3.8) is 0 Å². The van der Waals surface area contributed by atoms with Crippen LogP contribution in [0.3, 0.4) is 0 Å². The van der Waals surface area contributed by atoms with Gasteiger partial charge >= 0.3 is 0 Å². The molecule has 0 atom stereocenters.